The maximum Gasteiger partial charge on any atom is 0.341 e. The molecule has 1 heterocycles. The first-order chi connectivity index (χ1) is 13.0. The van der Waals surface area contributed by atoms with Gasteiger partial charge in [-0.3, -0.25) is 4.79 Å². The van der Waals surface area contributed by atoms with E-state index in [0.717, 1.165) is 11.1 Å². The van der Waals surface area contributed by atoms with Crippen LogP contribution in [0.1, 0.15) is 34.5 Å². The molecule has 0 aromatic heterocycles. The molecule has 1 aliphatic rings. The zero-order valence-electron chi connectivity index (χ0n) is 15.4. The van der Waals surface area contributed by atoms with Gasteiger partial charge in [-0.2, -0.15) is 0 Å². The number of carboxylic acids is 1. The van der Waals surface area contributed by atoms with E-state index in [0.29, 0.717) is 24.5 Å². The number of hydrogen-bond acceptors (Lipinski definition) is 4. The molecule has 0 spiro atoms. The number of aliphatic carboxylic acids is 1. The van der Waals surface area contributed by atoms with Crippen molar-refractivity contribution in [3.8, 4) is 5.75 Å². The van der Waals surface area contributed by atoms with Crippen molar-refractivity contribution in [2.24, 2.45) is 0 Å². The second-order valence-corrected chi connectivity index (χ2v) is 6.70. The third-order valence-electron chi connectivity index (χ3n) is 4.67. The number of benzene rings is 2. The Morgan fingerprint density at radius 2 is 2.00 bits per heavy atom. The van der Waals surface area contributed by atoms with Crippen molar-refractivity contribution in [2.75, 3.05) is 19.8 Å². The van der Waals surface area contributed by atoms with Gasteiger partial charge in [0.1, 0.15) is 11.9 Å². The van der Waals surface area contributed by atoms with Gasteiger partial charge in [0.05, 0.1) is 19.2 Å². The highest BCUT2D eigenvalue weighted by atomic mass is 16.5. The molecule has 1 saturated heterocycles. The van der Waals surface area contributed by atoms with Gasteiger partial charge in [0, 0.05) is 5.56 Å². The Morgan fingerprint density at radius 1 is 1.22 bits per heavy atom. The van der Waals surface area contributed by atoms with Gasteiger partial charge < -0.3 is 19.5 Å². The van der Waals surface area contributed by atoms with E-state index in [1.807, 2.05) is 38.1 Å². The van der Waals surface area contributed by atoms with Crippen LogP contribution >= 0.6 is 0 Å². The second kappa shape index (κ2) is 8.22. The van der Waals surface area contributed by atoms with Crippen molar-refractivity contribution in [1.82, 2.24) is 4.90 Å². The van der Waals surface area contributed by atoms with E-state index in [9.17, 15) is 9.59 Å². The molecule has 1 aliphatic heterocycles. The Kier molecular flexibility index (Phi) is 5.76. The van der Waals surface area contributed by atoms with Gasteiger partial charge in [-0.15, -0.1) is 0 Å². The third-order valence-corrected chi connectivity index (χ3v) is 4.67. The van der Waals surface area contributed by atoms with Crippen LogP contribution in [-0.4, -0.2) is 47.7 Å². The van der Waals surface area contributed by atoms with Gasteiger partial charge in [0.25, 0.3) is 5.91 Å². The molecule has 0 bridgehead atoms. The van der Waals surface area contributed by atoms with Crippen LogP contribution in [-0.2, 0) is 9.53 Å². The molecule has 6 heteroatoms. The van der Waals surface area contributed by atoms with Gasteiger partial charge in [-0.05, 0) is 43.2 Å². The van der Waals surface area contributed by atoms with Crippen LogP contribution in [0.25, 0.3) is 0 Å². The van der Waals surface area contributed by atoms with Gasteiger partial charge in [0.2, 0.25) is 0 Å². The lowest BCUT2D eigenvalue weighted by Gasteiger charge is -2.38. The van der Waals surface area contributed by atoms with Gasteiger partial charge in [-0.25, -0.2) is 4.79 Å². The Morgan fingerprint density at radius 3 is 2.74 bits per heavy atom. The van der Waals surface area contributed by atoms with Crippen molar-refractivity contribution < 1.29 is 24.2 Å². The predicted molar refractivity (Wildman–Crippen MR) is 99.9 cm³/mol. The van der Waals surface area contributed by atoms with Crippen LogP contribution in [0.15, 0.2) is 48.5 Å². The number of hydrogen-bond donors (Lipinski definition) is 1. The number of aryl methyl sites for hydroxylation is 1. The maximum absolute atomic E-state index is 13.1. The number of carboxylic acid groups (broad SMARTS) is 1. The molecule has 142 valence electrons. The largest absolute Gasteiger partial charge is 0.482 e. The summed E-state index contributed by atoms with van der Waals surface area (Å²) in [6.07, 6.45) is -0.169. The van der Waals surface area contributed by atoms with E-state index < -0.39 is 12.6 Å². The molecule has 1 N–H and O–H groups in total. The molecule has 2 aromatic carbocycles. The molecule has 3 rings (SSSR count). The minimum absolute atomic E-state index is 0.0543. The Balaban J connectivity index is 1.77. The Bertz CT molecular complexity index is 835. The molecule has 6 nitrogen and oxygen atoms in total. The smallest absolute Gasteiger partial charge is 0.341 e. The number of amides is 1. The fourth-order valence-corrected chi connectivity index (χ4v) is 3.21. The summed E-state index contributed by atoms with van der Waals surface area (Å²) in [6, 6.07) is 14.6. The molecule has 2 atom stereocenters. The zero-order chi connectivity index (χ0) is 19.4. The minimum atomic E-state index is -1.06. The van der Waals surface area contributed by atoms with Crippen LogP contribution in [0.4, 0.5) is 0 Å². The summed E-state index contributed by atoms with van der Waals surface area (Å²) in [7, 11) is 0. The summed E-state index contributed by atoms with van der Waals surface area (Å²) in [5, 5.41) is 8.74. The average Bonchev–Trinajstić information content (AvgIpc) is 2.67. The van der Waals surface area contributed by atoms with Gasteiger partial charge >= 0.3 is 5.97 Å². The lowest BCUT2D eigenvalue weighted by molar-refractivity contribution is -0.139. The topological polar surface area (TPSA) is 76.1 Å². The number of carbonyl (C=O) groups excluding carboxylic acids is 1. The second-order valence-electron chi connectivity index (χ2n) is 6.70. The number of morpholine rings is 1. The summed E-state index contributed by atoms with van der Waals surface area (Å²) in [5.74, 6) is -0.820. The first-order valence-electron chi connectivity index (χ1n) is 8.88. The molecule has 1 amide bonds. The third kappa shape index (κ3) is 4.46. The maximum atomic E-state index is 13.1. The highest BCUT2D eigenvalue weighted by molar-refractivity contribution is 5.95. The van der Waals surface area contributed by atoms with Crippen LogP contribution in [0.3, 0.4) is 0 Å². The van der Waals surface area contributed by atoms with E-state index >= 15 is 0 Å². The molecule has 0 saturated carbocycles. The molecular formula is C21H23NO5. The van der Waals surface area contributed by atoms with Crippen molar-refractivity contribution in [3.63, 3.8) is 0 Å². The Labute approximate surface area is 158 Å². The highest BCUT2D eigenvalue weighted by Gasteiger charge is 2.31. The molecule has 0 aliphatic carbocycles. The van der Waals surface area contributed by atoms with Crippen molar-refractivity contribution in [1.29, 1.82) is 0 Å². The first kappa shape index (κ1) is 18.9. The molecule has 2 aromatic rings. The normalized spacial score (nSPS) is 19.6. The summed E-state index contributed by atoms with van der Waals surface area (Å²) in [6.45, 7) is 4.47. The van der Waals surface area contributed by atoms with Gasteiger partial charge in [0.15, 0.2) is 6.61 Å². The highest BCUT2D eigenvalue weighted by Crippen LogP contribution is 2.28. The van der Waals surface area contributed by atoms with E-state index in [4.69, 9.17) is 14.6 Å². The zero-order valence-corrected chi connectivity index (χ0v) is 15.4. The van der Waals surface area contributed by atoms with Crippen molar-refractivity contribution in [2.45, 2.75) is 26.0 Å². The SMILES string of the molecule is Cc1ccccc1C1CN(C(=O)c2cccc(OCC(=O)O)c2)C(C)CO1. The molecule has 2 unspecified atom stereocenters. The van der Waals surface area contributed by atoms with Crippen LogP contribution in [0, 0.1) is 6.92 Å². The lowest BCUT2D eigenvalue weighted by Crippen LogP contribution is -2.48. The summed E-state index contributed by atoms with van der Waals surface area (Å²) >= 11 is 0. The number of nitrogens with zero attached hydrogens (tertiary/aromatic N) is 1. The molecular weight excluding hydrogens is 346 g/mol. The average molecular weight is 369 g/mol. The quantitative estimate of drug-likeness (QED) is 0.877. The summed E-state index contributed by atoms with van der Waals surface area (Å²) in [4.78, 5) is 25.5. The van der Waals surface area contributed by atoms with Gasteiger partial charge in [-0.1, -0.05) is 30.3 Å². The van der Waals surface area contributed by atoms with Crippen LogP contribution in [0.2, 0.25) is 0 Å². The fraction of sp³-hybridized carbons (Fsp3) is 0.333. The van der Waals surface area contributed by atoms with E-state index in [-0.39, 0.29) is 18.1 Å². The number of rotatable bonds is 5. The summed E-state index contributed by atoms with van der Waals surface area (Å²) < 4.78 is 11.2. The fourth-order valence-electron chi connectivity index (χ4n) is 3.21. The van der Waals surface area contributed by atoms with Crippen molar-refractivity contribution >= 4 is 11.9 Å². The molecule has 27 heavy (non-hydrogen) atoms. The minimum Gasteiger partial charge on any atom is -0.482 e. The number of carbonyl (C=O) groups is 2. The summed E-state index contributed by atoms with van der Waals surface area (Å²) in [5.41, 5.74) is 2.68. The van der Waals surface area contributed by atoms with E-state index in [1.165, 1.54) is 0 Å². The predicted octanol–water partition coefficient (Wildman–Crippen LogP) is 3.06. The van der Waals surface area contributed by atoms with E-state index in [1.54, 1.807) is 29.2 Å². The monoisotopic (exact) mass is 369 g/mol. The van der Waals surface area contributed by atoms with E-state index in [2.05, 4.69) is 0 Å². The number of ether oxygens (including phenoxy) is 2. The first-order valence-corrected chi connectivity index (χ1v) is 8.88. The standard InChI is InChI=1S/C21H23NO5/c1-14-6-3-4-9-18(14)19-11-22(15(2)12-27-19)21(25)16-7-5-8-17(10-16)26-13-20(23)24/h3-10,15,19H,11-13H2,1-2H3,(H,23,24). The van der Waals surface area contributed by atoms with Crippen molar-refractivity contribution in [3.05, 3.63) is 65.2 Å². The molecule has 1 fully saturated rings. The Hall–Kier alpha value is -2.86. The van der Waals surface area contributed by atoms with Crippen LogP contribution in [0.5, 0.6) is 5.75 Å². The van der Waals surface area contributed by atoms with Crippen LogP contribution < -0.4 is 4.74 Å². The molecule has 0 radical (unpaired) electrons. The lowest BCUT2D eigenvalue weighted by atomic mass is 10.0.